The van der Waals surface area contributed by atoms with Gasteiger partial charge in [0.2, 0.25) is 0 Å². The van der Waals surface area contributed by atoms with E-state index in [1.165, 1.54) is 0 Å². The third-order valence-corrected chi connectivity index (χ3v) is 2.81. The maximum absolute atomic E-state index is 5.03. The molecule has 0 aliphatic rings. The third-order valence-electron chi connectivity index (χ3n) is 1.58. The predicted molar refractivity (Wildman–Crippen MR) is 55.0 cm³/mol. The fraction of sp³-hybridized carbons (Fsp3) is 0.714. The summed E-state index contributed by atoms with van der Waals surface area (Å²) in [6.45, 7) is 3.17. The lowest BCUT2D eigenvalue weighted by Crippen LogP contribution is -2.08. The van der Waals surface area contributed by atoms with E-state index in [1.54, 1.807) is 6.33 Å². The second-order valence-corrected chi connectivity index (χ2v) is 4.17. The number of thioether (sulfide) groups is 1. The number of nitrogens with one attached hydrogen (secondary N) is 1. The quantitative estimate of drug-likeness (QED) is 0.759. The van der Waals surface area contributed by atoms with Gasteiger partial charge in [0.25, 0.3) is 0 Å². The van der Waals surface area contributed by atoms with Crippen LogP contribution in [0.3, 0.4) is 0 Å². The summed E-state index contributed by atoms with van der Waals surface area (Å²) < 4.78 is 2.68. The maximum Gasteiger partial charge on any atom is 0.194 e. The summed E-state index contributed by atoms with van der Waals surface area (Å²) in [5.74, 6) is 1.80. The first-order chi connectivity index (χ1) is 5.74. The Kier molecular flexibility index (Phi) is 3.81. The molecule has 1 heterocycles. The molecule has 1 atom stereocenters. The van der Waals surface area contributed by atoms with Gasteiger partial charge in [-0.1, -0.05) is 6.92 Å². The molecule has 1 aromatic heterocycles. The van der Waals surface area contributed by atoms with Crippen molar-refractivity contribution in [2.45, 2.75) is 13.5 Å². The Balaban J connectivity index is 2.52. The van der Waals surface area contributed by atoms with Crippen LogP contribution in [0.15, 0.2) is 6.33 Å². The lowest BCUT2D eigenvalue weighted by Gasteiger charge is -2.08. The van der Waals surface area contributed by atoms with Gasteiger partial charge in [-0.25, -0.2) is 0 Å². The zero-order valence-corrected chi connectivity index (χ0v) is 8.91. The molecule has 1 rings (SSSR count). The zero-order chi connectivity index (χ0) is 8.97. The van der Waals surface area contributed by atoms with Crippen LogP contribution in [0, 0.1) is 10.7 Å². The summed E-state index contributed by atoms with van der Waals surface area (Å²) >= 11 is 6.89. The average molecular weight is 203 g/mol. The molecule has 1 aromatic rings. The van der Waals surface area contributed by atoms with Crippen LogP contribution < -0.4 is 0 Å². The van der Waals surface area contributed by atoms with Gasteiger partial charge < -0.3 is 4.57 Å². The van der Waals surface area contributed by atoms with Crippen LogP contribution in [0.25, 0.3) is 0 Å². The third kappa shape index (κ3) is 2.64. The first-order valence-electron chi connectivity index (χ1n) is 3.82. The minimum Gasteiger partial charge on any atom is -0.306 e. The molecule has 1 unspecified atom stereocenters. The minimum absolute atomic E-state index is 0.643. The topological polar surface area (TPSA) is 33.6 Å². The van der Waals surface area contributed by atoms with Crippen LogP contribution in [-0.2, 0) is 6.54 Å². The lowest BCUT2D eigenvalue weighted by molar-refractivity contribution is 0.525. The molecule has 0 aromatic carbocycles. The highest BCUT2D eigenvalue weighted by molar-refractivity contribution is 7.98. The zero-order valence-electron chi connectivity index (χ0n) is 7.28. The number of nitrogens with zero attached hydrogens (tertiary/aromatic N) is 2. The van der Waals surface area contributed by atoms with Gasteiger partial charge in [-0.2, -0.15) is 16.9 Å². The van der Waals surface area contributed by atoms with Gasteiger partial charge in [0.05, 0.1) is 0 Å². The number of aromatic nitrogens is 3. The SMILES string of the molecule is CSCC(C)Cn1cn[nH]c1=S. The van der Waals surface area contributed by atoms with Gasteiger partial charge >= 0.3 is 0 Å². The van der Waals surface area contributed by atoms with E-state index in [0.29, 0.717) is 10.7 Å². The van der Waals surface area contributed by atoms with Crippen molar-refractivity contribution in [3.63, 3.8) is 0 Å². The van der Waals surface area contributed by atoms with Gasteiger partial charge in [-0.05, 0) is 30.1 Å². The van der Waals surface area contributed by atoms with E-state index < -0.39 is 0 Å². The van der Waals surface area contributed by atoms with Crippen molar-refractivity contribution in [1.29, 1.82) is 0 Å². The molecule has 0 aliphatic carbocycles. The number of aromatic amines is 1. The van der Waals surface area contributed by atoms with E-state index in [9.17, 15) is 0 Å². The van der Waals surface area contributed by atoms with Gasteiger partial charge in [0.15, 0.2) is 4.77 Å². The summed E-state index contributed by atoms with van der Waals surface area (Å²) in [4.78, 5) is 0. The smallest absolute Gasteiger partial charge is 0.194 e. The molecular formula is C7H13N3S2. The lowest BCUT2D eigenvalue weighted by atomic mass is 10.2. The summed E-state index contributed by atoms with van der Waals surface area (Å²) in [7, 11) is 0. The summed E-state index contributed by atoms with van der Waals surface area (Å²) in [6, 6.07) is 0. The summed E-state index contributed by atoms with van der Waals surface area (Å²) in [6.07, 6.45) is 3.87. The van der Waals surface area contributed by atoms with Crippen molar-refractivity contribution in [1.82, 2.24) is 14.8 Å². The van der Waals surface area contributed by atoms with Gasteiger partial charge in [-0.3, -0.25) is 5.10 Å². The molecule has 5 heteroatoms. The largest absolute Gasteiger partial charge is 0.306 e. The van der Waals surface area contributed by atoms with E-state index in [2.05, 4.69) is 23.4 Å². The van der Waals surface area contributed by atoms with Crippen molar-refractivity contribution in [3.05, 3.63) is 11.1 Å². The van der Waals surface area contributed by atoms with Gasteiger partial charge in [-0.15, -0.1) is 0 Å². The minimum atomic E-state index is 0.643. The predicted octanol–water partition coefficient (Wildman–Crippen LogP) is 1.94. The molecule has 0 amide bonds. The Morgan fingerprint density at radius 2 is 2.58 bits per heavy atom. The molecule has 0 aliphatic heterocycles. The highest BCUT2D eigenvalue weighted by Crippen LogP contribution is 2.06. The second-order valence-electron chi connectivity index (χ2n) is 2.87. The number of H-pyrrole nitrogens is 1. The first-order valence-corrected chi connectivity index (χ1v) is 5.63. The van der Waals surface area contributed by atoms with Crippen LogP contribution in [-0.4, -0.2) is 26.8 Å². The van der Waals surface area contributed by atoms with E-state index in [0.717, 1.165) is 12.3 Å². The van der Waals surface area contributed by atoms with Crippen LogP contribution in [0.2, 0.25) is 0 Å². The summed E-state index contributed by atoms with van der Waals surface area (Å²) in [5, 5.41) is 6.60. The molecule has 0 saturated heterocycles. The molecule has 0 spiro atoms. The number of rotatable bonds is 4. The Morgan fingerprint density at radius 1 is 1.83 bits per heavy atom. The molecule has 68 valence electrons. The Labute approximate surface area is 81.6 Å². The van der Waals surface area contributed by atoms with Crippen molar-refractivity contribution >= 4 is 24.0 Å². The monoisotopic (exact) mass is 203 g/mol. The molecule has 0 saturated carbocycles. The molecule has 0 fully saturated rings. The van der Waals surface area contributed by atoms with Gasteiger partial charge in [0, 0.05) is 6.54 Å². The van der Waals surface area contributed by atoms with Crippen molar-refractivity contribution in [3.8, 4) is 0 Å². The van der Waals surface area contributed by atoms with Crippen molar-refractivity contribution in [2.24, 2.45) is 5.92 Å². The molecular weight excluding hydrogens is 190 g/mol. The molecule has 0 radical (unpaired) electrons. The Bertz CT molecular complexity index is 278. The highest BCUT2D eigenvalue weighted by atomic mass is 32.2. The summed E-state index contributed by atoms with van der Waals surface area (Å²) in [5.41, 5.74) is 0. The molecule has 1 N–H and O–H groups in total. The molecule has 12 heavy (non-hydrogen) atoms. The van der Waals surface area contributed by atoms with E-state index in [-0.39, 0.29) is 0 Å². The standard InChI is InChI=1S/C7H13N3S2/c1-6(4-12-2)3-10-5-8-9-7(10)11/h5-6H,3-4H2,1-2H3,(H,9,11). The second kappa shape index (κ2) is 4.67. The van der Waals surface area contributed by atoms with E-state index >= 15 is 0 Å². The normalized spacial score (nSPS) is 13.2. The Morgan fingerprint density at radius 3 is 3.08 bits per heavy atom. The number of hydrogen-bond acceptors (Lipinski definition) is 3. The molecule has 3 nitrogen and oxygen atoms in total. The fourth-order valence-corrected chi connectivity index (χ4v) is 1.92. The fourth-order valence-electron chi connectivity index (χ4n) is 1.07. The Hall–Kier alpha value is -0.290. The van der Waals surface area contributed by atoms with Crippen LogP contribution in [0.1, 0.15) is 6.92 Å². The van der Waals surface area contributed by atoms with Crippen molar-refractivity contribution in [2.75, 3.05) is 12.0 Å². The highest BCUT2D eigenvalue weighted by Gasteiger charge is 2.02. The first kappa shape index (κ1) is 9.80. The maximum atomic E-state index is 5.03. The van der Waals surface area contributed by atoms with Gasteiger partial charge in [0.1, 0.15) is 6.33 Å². The number of hydrogen-bond donors (Lipinski definition) is 1. The van der Waals surface area contributed by atoms with E-state index in [1.807, 2.05) is 16.3 Å². The van der Waals surface area contributed by atoms with Crippen molar-refractivity contribution < 1.29 is 0 Å². The van der Waals surface area contributed by atoms with E-state index in [4.69, 9.17) is 12.2 Å². The average Bonchev–Trinajstić information content (AvgIpc) is 2.37. The van der Waals surface area contributed by atoms with Crippen LogP contribution in [0.5, 0.6) is 0 Å². The van der Waals surface area contributed by atoms with Crippen LogP contribution in [0.4, 0.5) is 0 Å². The van der Waals surface area contributed by atoms with Crippen LogP contribution >= 0.6 is 24.0 Å². The molecule has 0 bridgehead atoms.